The molecule has 0 bridgehead atoms. The lowest BCUT2D eigenvalue weighted by atomic mass is 10.1. The molecule has 0 spiro atoms. The molecular formula is C22H23F3N6O2. The lowest BCUT2D eigenvalue weighted by Gasteiger charge is -2.15. The maximum absolute atomic E-state index is 13.8. The standard InChI is InChI=1S/C22H23F3N6O2/c1-30(21(26)27)20(32)19-9-16-17(22(23,24)25)7-14(8-18(16)29-19)33-15-6-13(10-28-11-15)12-31-4-2-3-5-31/h6-11,29H,2-5,12H2,1H3,(H3,26,27). The Morgan fingerprint density at radius 3 is 2.61 bits per heavy atom. The van der Waals surface area contributed by atoms with Gasteiger partial charge in [0.05, 0.1) is 17.3 Å². The van der Waals surface area contributed by atoms with E-state index < -0.39 is 23.6 Å². The van der Waals surface area contributed by atoms with Gasteiger partial charge in [-0.25, -0.2) is 0 Å². The second-order valence-corrected chi connectivity index (χ2v) is 7.98. The van der Waals surface area contributed by atoms with Gasteiger partial charge in [-0.15, -0.1) is 0 Å². The Balaban J connectivity index is 1.67. The van der Waals surface area contributed by atoms with Crippen molar-refractivity contribution < 1.29 is 22.7 Å². The van der Waals surface area contributed by atoms with Crippen molar-refractivity contribution in [3.05, 3.63) is 53.5 Å². The molecule has 1 amide bonds. The summed E-state index contributed by atoms with van der Waals surface area (Å²) in [6.07, 6.45) is 0.766. The Hall–Kier alpha value is -3.60. The fraction of sp³-hybridized carbons (Fsp3) is 0.318. The molecule has 0 radical (unpaired) electrons. The van der Waals surface area contributed by atoms with Crippen LogP contribution in [-0.4, -0.2) is 51.8 Å². The number of halogens is 3. The highest BCUT2D eigenvalue weighted by Gasteiger charge is 2.34. The highest BCUT2D eigenvalue weighted by atomic mass is 19.4. The number of hydrogen-bond acceptors (Lipinski definition) is 5. The van der Waals surface area contributed by atoms with Crippen LogP contribution in [0.3, 0.4) is 0 Å². The van der Waals surface area contributed by atoms with E-state index in [-0.39, 0.29) is 22.3 Å². The predicted octanol–water partition coefficient (Wildman–Crippen LogP) is 3.94. The van der Waals surface area contributed by atoms with Crippen LogP contribution in [0.15, 0.2) is 36.7 Å². The third kappa shape index (κ3) is 4.92. The first-order valence-corrected chi connectivity index (χ1v) is 10.3. The Morgan fingerprint density at radius 1 is 1.21 bits per heavy atom. The molecule has 1 aliphatic rings. The number of nitrogens with one attached hydrogen (secondary N) is 2. The van der Waals surface area contributed by atoms with Crippen LogP contribution in [0.25, 0.3) is 10.9 Å². The summed E-state index contributed by atoms with van der Waals surface area (Å²) in [5, 5.41) is 7.18. The molecule has 0 atom stereocenters. The number of ether oxygens (including phenoxy) is 1. The molecule has 0 unspecified atom stereocenters. The molecule has 0 saturated carbocycles. The number of alkyl halides is 3. The normalized spacial score (nSPS) is 14.5. The minimum atomic E-state index is -4.68. The van der Waals surface area contributed by atoms with Gasteiger partial charge in [0.15, 0.2) is 5.96 Å². The number of likely N-dealkylation sites (tertiary alicyclic amines) is 1. The van der Waals surface area contributed by atoms with E-state index in [0.717, 1.165) is 48.5 Å². The summed E-state index contributed by atoms with van der Waals surface area (Å²) in [5.74, 6) is -0.984. The second-order valence-electron chi connectivity index (χ2n) is 7.98. The zero-order chi connectivity index (χ0) is 23.8. The van der Waals surface area contributed by atoms with Crippen molar-refractivity contribution >= 4 is 22.8 Å². The molecule has 1 aromatic carbocycles. The van der Waals surface area contributed by atoms with Crippen molar-refractivity contribution in [3.8, 4) is 11.5 Å². The number of fused-ring (bicyclic) bond motifs is 1. The summed E-state index contributed by atoms with van der Waals surface area (Å²) in [7, 11) is 1.26. The molecule has 2 aromatic heterocycles. The lowest BCUT2D eigenvalue weighted by molar-refractivity contribution is -0.136. The van der Waals surface area contributed by atoms with Gasteiger partial charge in [-0.1, -0.05) is 0 Å². The van der Waals surface area contributed by atoms with Crippen molar-refractivity contribution in [2.45, 2.75) is 25.6 Å². The fourth-order valence-electron chi connectivity index (χ4n) is 3.85. The van der Waals surface area contributed by atoms with Crippen LogP contribution < -0.4 is 10.5 Å². The molecule has 4 N–H and O–H groups in total. The Labute approximate surface area is 187 Å². The van der Waals surface area contributed by atoms with Gasteiger partial charge in [0.2, 0.25) is 0 Å². The first kappa shape index (κ1) is 22.6. The van der Waals surface area contributed by atoms with Gasteiger partial charge >= 0.3 is 6.18 Å². The summed E-state index contributed by atoms with van der Waals surface area (Å²) < 4.78 is 47.1. The molecule has 3 heterocycles. The van der Waals surface area contributed by atoms with Crippen LogP contribution in [0.2, 0.25) is 0 Å². The number of carbonyl (C=O) groups excluding carboxylic acids is 1. The van der Waals surface area contributed by atoms with Crippen molar-refractivity contribution in [2.75, 3.05) is 20.1 Å². The Kier molecular flexibility index (Phi) is 5.98. The lowest BCUT2D eigenvalue weighted by Crippen LogP contribution is -2.38. The van der Waals surface area contributed by atoms with Gasteiger partial charge in [-0.2, -0.15) is 13.2 Å². The number of guanidine groups is 1. The monoisotopic (exact) mass is 460 g/mol. The van der Waals surface area contributed by atoms with Gasteiger partial charge < -0.3 is 15.5 Å². The number of amides is 1. The van der Waals surface area contributed by atoms with E-state index in [1.165, 1.54) is 19.3 Å². The highest BCUT2D eigenvalue weighted by molar-refractivity contribution is 6.06. The number of nitrogens with two attached hydrogens (primary N) is 1. The van der Waals surface area contributed by atoms with E-state index in [1.807, 2.05) is 0 Å². The molecule has 1 saturated heterocycles. The van der Waals surface area contributed by atoms with E-state index in [9.17, 15) is 18.0 Å². The number of aromatic nitrogens is 2. The summed E-state index contributed by atoms with van der Waals surface area (Å²) in [4.78, 5) is 22.4. The molecule has 174 valence electrons. The smallest absolute Gasteiger partial charge is 0.417 e. The topological polar surface area (TPSA) is 111 Å². The molecule has 0 aliphatic carbocycles. The van der Waals surface area contributed by atoms with Crippen LogP contribution in [0.4, 0.5) is 13.2 Å². The third-order valence-electron chi connectivity index (χ3n) is 5.52. The zero-order valence-electron chi connectivity index (χ0n) is 17.9. The number of aromatic amines is 1. The van der Waals surface area contributed by atoms with Crippen LogP contribution in [0.5, 0.6) is 11.5 Å². The maximum atomic E-state index is 13.8. The molecular weight excluding hydrogens is 437 g/mol. The van der Waals surface area contributed by atoms with E-state index >= 15 is 0 Å². The quantitative estimate of drug-likeness (QED) is 0.395. The first-order valence-electron chi connectivity index (χ1n) is 10.3. The van der Waals surface area contributed by atoms with Crippen LogP contribution in [0.1, 0.15) is 34.5 Å². The Bertz CT molecular complexity index is 1200. The van der Waals surface area contributed by atoms with E-state index in [4.69, 9.17) is 15.9 Å². The summed E-state index contributed by atoms with van der Waals surface area (Å²) >= 11 is 0. The summed E-state index contributed by atoms with van der Waals surface area (Å²) in [5.41, 5.74) is 5.21. The molecule has 4 rings (SSSR count). The molecule has 8 nitrogen and oxygen atoms in total. The van der Waals surface area contributed by atoms with Crippen LogP contribution in [0, 0.1) is 5.41 Å². The SMILES string of the molecule is CN(C(=N)N)C(=O)c1cc2c(C(F)(F)F)cc(Oc3cncc(CN4CCCC4)c3)cc2[nH]1. The van der Waals surface area contributed by atoms with Crippen molar-refractivity contribution in [1.82, 2.24) is 19.8 Å². The van der Waals surface area contributed by atoms with Crippen LogP contribution >= 0.6 is 0 Å². The third-order valence-corrected chi connectivity index (χ3v) is 5.52. The largest absolute Gasteiger partial charge is 0.456 e. The predicted molar refractivity (Wildman–Crippen MR) is 116 cm³/mol. The summed E-state index contributed by atoms with van der Waals surface area (Å²) in [6, 6.07) is 5.14. The van der Waals surface area contributed by atoms with E-state index in [1.54, 1.807) is 12.3 Å². The van der Waals surface area contributed by atoms with Gasteiger partial charge in [-0.05, 0) is 49.7 Å². The van der Waals surface area contributed by atoms with Crippen molar-refractivity contribution in [1.29, 1.82) is 5.41 Å². The molecule has 11 heteroatoms. The second kappa shape index (κ2) is 8.74. The van der Waals surface area contributed by atoms with E-state index in [2.05, 4.69) is 14.9 Å². The van der Waals surface area contributed by atoms with Gasteiger partial charge in [0.1, 0.15) is 17.2 Å². The first-order chi connectivity index (χ1) is 15.6. The number of nitrogens with zero attached hydrogens (tertiary/aromatic N) is 3. The van der Waals surface area contributed by atoms with Crippen molar-refractivity contribution in [2.24, 2.45) is 5.73 Å². The summed E-state index contributed by atoms with van der Waals surface area (Å²) in [6.45, 7) is 2.70. The van der Waals surface area contributed by atoms with Gasteiger partial charge in [-0.3, -0.25) is 25.0 Å². The number of pyridine rings is 1. The molecule has 33 heavy (non-hydrogen) atoms. The maximum Gasteiger partial charge on any atom is 0.417 e. The number of carbonyl (C=O) groups is 1. The zero-order valence-corrected chi connectivity index (χ0v) is 17.9. The number of H-pyrrole nitrogens is 1. The molecule has 1 fully saturated rings. The number of benzene rings is 1. The van der Waals surface area contributed by atoms with Crippen LogP contribution in [-0.2, 0) is 12.7 Å². The minimum absolute atomic E-state index is 0.0456. The molecule has 1 aliphatic heterocycles. The Morgan fingerprint density at radius 2 is 1.94 bits per heavy atom. The fourth-order valence-corrected chi connectivity index (χ4v) is 3.85. The van der Waals surface area contributed by atoms with Crippen molar-refractivity contribution in [3.63, 3.8) is 0 Å². The average Bonchev–Trinajstić information content (AvgIpc) is 3.41. The number of rotatable bonds is 5. The van der Waals surface area contributed by atoms with Gasteiger partial charge in [0, 0.05) is 31.2 Å². The minimum Gasteiger partial charge on any atom is -0.456 e. The molecule has 3 aromatic rings. The highest BCUT2D eigenvalue weighted by Crippen LogP contribution is 2.39. The number of hydrogen-bond donors (Lipinski definition) is 3. The average molecular weight is 460 g/mol. The van der Waals surface area contributed by atoms with Gasteiger partial charge in [0.25, 0.3) is 5.91 Å². The van der Waals surface area contributed by atoms with E-state index in [0.29, 0.717) is 12.3 Å².